The molecule has 55 heavy (non-hydrogen) atoms. The summed E-state index contributed by atoms with van der Waals surface area (Å²) in [6, 6.07) is -0.897. The lowest BCUT2D eigenvalue weighted by Crippen LogP contribution is -2.60. The lowest BCUT2D eigenvalue weighted by Gasteiger charge is -2.49. The summed E-state index contributed by atoms with van der Waals surface area (Å²) in [5.41, 5.74) is -4.43. The molecule has 0 aromatic heterocycles. The molecule has 3 aliphatic heterocycles. The number of likely N-dealkylation sites (N-methyl/N-ethyl adjacent to an activating group) is 2. The Labute approximate surface area is 330 Å². The van der Waals surface area contributed by atoms with Gasteiger partial charge in [-0.15, -0.1) is 12.3 Å². The highest BCUT2D eigenvalue weighted by atomic mass is 16.7. The second-order valence-electron chi connectivity index (χ2n) is 17.6. The predicted octanol–water partition coefficient (Wildman–Crippen LogP) is 2.29. The molecule has 14 heteroatoms. The van der Waals surface area contributed by atoms with Gasteiger partial charge in [0.2, 0.25) is 0 Å². The van der Waals surface area contributed by atoms with Gasteiger partial charge in [-0.25, -0.2) is 0 Å². The Balaban J connectivity index is 2.17. The summed E-state index contributed by atoms with van der Waals surface area (Å²) in [7, 11) is 5.24. The van der Waals surface area contributed by atoms with Crippen molar-refractivity contribution < 1.29 is 58.7 Å². The van der Waals surface area contributed by atoms with Crippen molar-refractivity contribution in [2.75, 3.05) is 34.3 Å². The third-order valence-electron chi connectivity index (χ3n) is 12.7. The number of hydrogen-bond donors (Lipinski definition) is 5. The van der Waals surface area contributed by atoms with E-state index in [2.05, 4.69) is 5.92 Å². The van der Waals surface area contributed by atoms with Crippen LogP contribution < -0.4 is 0 Å². The van der Waals surface area contributed by atoms with E-state index in [1.807, 2.05) is 44.7 Å². The highest BCUT2D eigenvalue weighted by Gasteiger charge is 2.52. The molecule has 3 fully saturated rings. The molecule has 3 aliphatic rings. The summed E-state index contributed by atoms with van der Waals surface area (Å²) in [6.07, 6.45) is -2.52. The number of rotatable bonds is 9. The van der Waals surface area contributed by atoms with Gasteiger partial charge in [-0.1, -0.05) is 20.8 Å². The molecule has 0 radical (unpaired) electrons. The number of aliphatic hydroxyl groups excluding tert-OH is 3. The fourth-order valence-electron chi connectivity index (χ4n) is 9.07. The number of aliphatic hydroxyl groups is 5. The van der Waals surface area contributed by atoms with Gasteiger partial charge >= 0.3 is 5.97 Å². The zero-order valence-corrected chi connectivity index (χ0v) is 35.7. The zero-order chi connectivity index (χ0) is 41.8. The second-order valence-corrected chi connectivity index (χ2v) is 17.6. The molecule has 0 aliphatic carbocycles. The van der Waals surface area contributed by atoms with Crippen LogP contribution in [0.3, 0.4) is 0 Å². The van der Waals surface area contributed by atoms with E-state index in [1.54, 1.807) is 41.5 Å². The number of terminal acetylenes is 1. The van der Waals surface area contributed by atoms with E-state index in [0.29, 0.717) is 25.9 Å². The molecule has 18 atom stereocenters. The monoisotopic (exact) mass is 787 g/mol. The quantitative estimate of drug-likeness (QED) is 0.170. The van der Waals surface area contributed by atoms with E-state index < -0.39 is 96.0 Å². The van der Waals surface area contributed by atoms with E-state index in [0.717, 1.165) is 0 Å². The van der Waals surface area contributed by atoms with Crippen molar-refractivity contribution in [3.05, 3.63) is 0 Å². The van der Waals surface area contributed by atoms with Crippen LogP contribution in [0.5, 0.6) is 0 Å². The molecular weight excluding hydrogens is 712 g/mol. The topological polar surface area (TPSA) is 180 Å². The lowest BCUT2D eigenvalue weighted by molar-refractivity contribution is -0.318. The Hall–Kier alpha value is -1.45. The van der Waals surface area contributed by atoms with Gasteiger partial charge in [-0.2, -0.15) is 0 Å². The van der Waals surface area contributed by atoms with E-state index in [4.69, 9.17) is 34.8 Å². The minimum absolute atomic E-state index is 0.120. The number of carbonyl (C=O) groups excluding carboxylic acids is 1. The SMILES string of the molecule is C#CCCN(C)[C@H]1C[C@@H](C)O[C@@H](O[C@@H]2[C@@H](C)[C@H](OC3C[C@@](C)(OC)[C@@H](O)[C@H](C)O3)[C@@H](C)C(=O)O[C@H](CC)[C@@](C)(O)[C@H](O)[C@@H](C)N(C)C[C@H](C)C[C@@]2(C)O)[C@@H]1O. The maximum absolute atomic E-state index is 14.3. The smallest absolute Gasteiger partial charge is 0.311 e. The first kappa shape index (κ1) is 47.9. The number of methoxy groups -OCH3 is 1. The third-order valence-corrected chi connectivity index (χ3v) is 12.7. The molecule has 0 bridgehead atoms. The maximum atomic E-state index is 14.3. The van der Waals surface area contributed by atoms with E-state index in [9.17, 15) is 30.3 Å². The van der Waals surface area contributed by atoms with E-state index in [-0.39, 0.29) is 37.3 Å². The van der Waals surface area contributed by atoms with Crippen molar-refractivity contribution in [2.24, 2.45) is 17.8 Å². The van der Waals surface area contributed by atoms with Crippen molar-refractivity contribution in [2.45, 2.75) is 192 Å². The summed E-state index contributed by atoms with van der Waals surface area (Å²) >= 11 is 0. The van der Waals surface area contributed by atoms with Crippen molar-refractivity contribution in [3.8, 4) is 12.3 Å². The second kappa shape index (κ2) is 19.5. The summed E-state index contributed by atoms with van der Waals surface area (Å²) < 4.78 is 37.7. The lowest BCUT2D eigenvalue weighted by atomic mass is 9.77. The van der Waals surface area contributed by atoms with Crippen LogP contribution in [0.15, 0.2) is 0 Å². The van der Waals surface area contributed by atoms with Crippen molar-refractivity contribution in [1.82, 2.24) is 9.80 Å². The van der Waals surface area contributed by atoms with Gasteiger partial charge in [-0.05, 0) is 87.7 Å². The van der Waals surface area contributed by atoms with Gasteiger partial charge in [0.05, 0.1) is 41.5 Å². The van der Waals surface area contributed by atoms with Crippen LogP contribution in [0.2, 0.25) is 0 Å². The molecule has 5 N–H and O–H groups in total. The van der Waals surface area contributed by atoms with Crippen LogP contribution in [0, 0.1) is 30.1 Å². The Kier molecular flexibility index (Phi) is 17.0. The number of ether oxygens (including phenoxy) is 6. The molecule has 0 spiro atoms. The van der Waals surface area contributed by atoms with Crippen molar-refractivity contribution in [1.29, 1.82) is 0 Å². The van der Waals surface area contributed by atoms with Gasteiger partial charge in [0.15, 0.2) is 12.6 Å². The van der Waals surface area contributed by atoms with E-state index in [1.165, 1.54) is 14.0 Å². The molecule has 0 aromatic rings. The minimum atomic E-state index is -1.81. The summed E-state index contributed by atoms with van der Waals surface area (Å²) in [5.74, 6) is -0.0120. The van der Waals surface area contributed by atoms with Gasteiger partial charge in [0.25, 0.3) is 0 Å². The molecule has 14 nitrogen and oxygen atoms in total. The highest BCUT2D eigenvalue weighted by molar-refractivity contribution is 5.73. The van der Waals surface area contributed by atoms with Gasteiger partial charge in [0, 0.05) is 51.0 Å². The molecule has 3 saturated heterocycles. The average Bonchev–Trinajstić information content (AvgIpc) is 3.11. The molecule has 0 aromatic carbocycles. The summed E-state index contributed by atoms with van der Waals surface area (Å²) in [5, 5.41) is 58.6. The van der Waals surface area contributed by atoms with Crippen molar-refractivity contribution >= 4 is 5.97 Å². The number of hydrogen-bond acceptors (Lipinski definition) is 14. The number of carbonyl (C=O) groups is 1. The Bertz CT molecular complexity index is 1260. The Morgan fingerprint density at radius 2 is 1.64 bits per heavy atom. The standard InChI is InChI=1S/C41H74N2O12/c1-15-17-18-42(12)29-19-24(4)51-38(32(29)44)55-36-25(5)33(54-31-21-40(10,50-14)35(46)28(8)52-31)26(6)37(47)53-30(16-2)41(11,49)34(45)27(7)43(13)22-23(3)20-39(36,9)48/h1,23-36,38,44-46,48-49H,16-22H2,2-14H3/t23-,24-,25+,26-,27-,28+,29+,30-,31?,32-,33+,34-,35+,36-,38+,39-,40-,41-/m1/s1. The van der Waals surface area contributed by atoms with Crippen LogP contribution in [0.4, 0.5) is 0 Å². The van der Waals surface area contributed by atoms with Crippen LogP contribution in [0.25, 0.3) is 0 Å². The predicted molar refractivity (Wildman–Crippen MR) is 207 cm³/mol. The Morgan fingerprint density at radius 3 is 2.22 bits per heavy atom. The van der Waals surface area contributed by atoms with Crippen LogP contribution in [-0.2, 0) is 33.2 Å². The summed E-state index contributed by atoms with van der Waals surface area (Å²) in [4.78, 5) is 18.2. The number of cyclic esters (lactones) is 1. The minimum Gasteiger partial charge on any atom is -0.459 e. The zero-order valence-electron chi connectivity index (χ0n) is 35.7. The number of nitrogens with zero attached hydrogens (tertiary/aromatic N) is 2. The molecular formula is C41H74N2O12. The maximum Gasteiger partial charge on any atom is 0.311 e. The molecule has 3 heterocycles. The van der Waals surface area contributed by atoms with Gasteiger partial charge in [-0.3, -0.25) is 9.69 Å². The normalized spacial score (nSPS) is 47.4. The summed E-state index contributed by atoms with van der Waals surface area (Å²) in [6.45, 7) is 18.5. The van der Waals surface area contributed by atoms with Crippen LogP contribution >= 0.6 is 0 Å². The van der Waals surface area contributed by atoms with Gasteiger partial charge < -0.3 is 58.9 Å². The molecule has 3 rings (SSSR count). The highest BCUT2D eigenvalue weighted by Crippen LogP contribution is 2.40. The van der Waals surface area contributed by atoms with Crippen molar-refractivity contribution in [3.63, 3.8) is 0 Å². The van der Waals surface area contributed by atoms with Crippen LogP contribution in [-0.4, -0.2) is 166 Å². The molecule has 0 saturated carbocycles. The Morgan fingerprint density at radius 1 is 1.00 bits per heavy atom. The first-order valence-corrected chi connectivity index (χ1v) is 20.2. The molecule has 320 valence electrons. The fraction of sp³-hybridized carbons (Fsp3) is 0.927. The fourth-order valence-corrected chi connectivity index (χ4v) is 9.07. The van der Waals surface area contributed by atoms with Gasteiger partial charge in [0.1, 0.15) is 30.0 Å². The molecule has 0 amide bonds. The number of esters is 1. The average molecular weight is 787 g/mol. The first-order valence-electron chi connectivity index (χ1n) is 20.2. The first-order chi connectivity index (χ1) is 25.4. The third kappa shape index (κ3) is 11.2. The van der Waals surface area contributed by atoms with E-state index >= 15 is 0 Å². The molecule has 1 unspecified atom stereocenters. The largest absolute Gasteiger partial charge is 0.459 e. The van der Waals surface area contributed by atoms with Crippen LogP contribution in [0.1, 0.15) is 101 Å².